The Hall–Kier alpha value is -1.88. The van der Waals surface area contributed by atoms with Gasteiger partial charge >= 0.3 is 0 Å². The summed E-state index contributed by atoms with van der Waals surface area (Å²) in [4.78, 5) is 7.38. The van der Waals surface area contributed by atoms with E-state index >= 15 is 0 Å². The van der Waals surface area contributed by atoms with Crippen LogP contribution < -0.4 is 0 Å². The summed E-state index contributed by atoms with van der Waals surface area (Å²) in [6, 6.07) is 16.5. The highest BCUT2D eigenvalue weighted by Gasteiger charge is 2.13. The molecule has 0 atom stereocenters. The van der Waals surface area contributed by atoms with E-state index in [0.717, 1.165) is 68.6 Å². The van der Waals surface area contributed by atoms with Crippen molar-refractivity contribution >= 4 is 22.6 Å². The molecule has 2 aromatic carbocycles. The van der Waals surface area contributed by atoms with Crippen molar-refractivity contribution in [1.82, 2.24) is 14.5 Å². The Morgan fingerprint density at radius 2 is 1.88 bits per heavy atom. The van der Waals surface area contributed by atoms with Gasteiger partial charge in [-0.25, -0.2) is 4.98 Å². The summed E-state index contributed by atoms with van der Waals surface area (Å²) in [7, 11) is 0. The van der Waals surface area contributed by atoms with Gasteiger partial charge in [0, 0.05) is 31.1 Å². The van der Waals surface area contributed by atoms with Crippen LogP contribution in [0.2, 0.25) is 5.02 Å². The van der Waals surface area contributed by atoms with Crippen LogP contribution in [0.4, 0.5) is 0 Å². The highest BCUT2D eigenvalue weighted by Crippen LogP contribution is 2.20. The van der Waals surface area contributed by atoms with Crippen molar-refractivity contribution in [2.45, 2.75) is 19.4 Å². The number of ether oxygens (including phenoxy) is 1. The number of benzene rings is 2. The molecule has 0 bridgehead atoms. The second-order valence-electron chi connectivity index (χ2n) is 6.79. The molecule has 0 aliphatic carbocycles. The summed E-state index contributed by atoms with van der Waals surface area (Å²) in [6.07, 6.45) is 2.09. The number of imidazole rings is 1. The number of hydrogen-bond acceptors (Lipinski definition) is 3. The lowest BCUT2D eigenvalue weighted by atomic mass is 10.2. The minimum Gasteiger partial charge on any atom is -0.379 e. The largest absolute Gasteiger partial charge is 0.379 e. The Morgan fingerprint density at radius 3 is 2.73 bits per heavy atom. The van der Waals surface area contributed by atoms with Crippen LogP contribution in [0.1, 0.15) is 17.8 Å². The number of fused-ring (bicyclic) bond motifs is 1. The molecule has 2 heterocycles. The van der Waals surface area contributed by atoms with Crippen LogP contribution >= 0.6 is 11.6 Å². The summed E-state index contributed by atoms with van der Waals surface area (Å²) in [5.74, 6) is 1.15. The normalized spacial score (nSPS) is 15.6. The van der Waals surface area contributed by atoms with E-state index < -0.39 is 0 Å². The van der Waals surface area contributed by atoms with Gasteiger partial charge in [-0.15, -0.1) is 0 Å². The molecule has 4 rings (SSSR count). The van der Waals surface area contributed by atoms with E-state index in [0.29, 0.717) is 0 Å². The maximum atomic E-state index is 6.17. The topological polar surface area (TPSA) is 30.3 Å². The standard InChI is InChI=1S/C21H24ClN3O/c22-18-6-3-5-17(15-18)16-25-20-8-2-1-7-19(20)23-21(25)9-4-10-24-11-13-26-14-12-24/h1-3,5-8,15H,4,9-14,16H2. The van der Waals surface area contributed by atoms with Gasteiger partial charge in [0.2, 0.25) is 0 Å². The molecule has 0 saturated carbocycles. The first-order chi connectivity index (χ1) is 12.8. The molecule has 0 spiro atoms. The molecule has 1 fully saturated rings. The van der Waals surface area contributed by atoms with E-state index in [9.17, 15) is 0 Å². The second kappa shape index (κ2) is 8.21. The number of aromatic nitrogens is 2. The summed E-state index contributed by atoms with van der Waals surface area (Å²) in [5, 5.41) is 0.779. The SMILES string of the molecule is Clc1cccc(Cn2c(CCCN3CCOCC3)nc3ccccc32)c1. The molecule has 136 valence electrons. The van der Waals surface area contributed by atoms with E-state index in [2.05, 4.69) is 39.8 Å². The third-order valence-corrected chi connectivity index (χ3v) is 5.18. The van der Waals surface area contributed by atoms with Gasteiger partial charge in [0.05, 0.1) is 24.2 Å². The van der Waals surface area contributed by atoms with Crippen molar-refractivity contribution in [3.05, 3.63) is 64.9 Å². The Balaban J connectivity index is 1.53. The molecule has 0 unspecified atom stereocenters. The number of halogens is 1. The number of nitrogens with zero attached hydrogens (tertiary/aromatic N) is 3. The van der Waals surface area contributed by atoms with Gasteiger partial charge in [-0.05, 0) is 42.8 Å². The zero-order valence-corrected chi connectivity index (χ0v) is 15.7. The van der Waals surface area contributed by atoms with Crippen molar-refractivity contribution in [2.24, 2.45) is 0 Å². The lowest BCUT2D eigenvalue weighted by Gasteiger charge is -2.26. The molecule has 0 radical (unpaired) electrons. The van der Waals surface area contributed by atoms with E-state index in [4.69, 9.17) is 21.3 Å². The Bertz CT molecular complexity index is 871. The number of rotatable bonds is 6. The fourth-order valence-corrected chi connectivity index (χ4v) is 3.81. The van der Waals surface area contributed by atoms with Gasteiger partial charge in [-0.1, -0.05) is 35.9 Å². The van der Waals surface area contributed by atoms with Gasteiger partial charge in [-0.3, -0.25) is 4.90 Å². The Morgan fingerprint density at radius 1 is 1.04 bits per heavy atom. The summed E-state index contributed by atoms with van der Waals surface area (Å²) < 4.78 is 7.76. The van der Waals surface area contributed by atoms with Crippen molar-refractivity contribution in [2.75, 3.05) is 32.8 Å². The third-order valence-electron chi connectivity index (χ3n) is 4.94. The van der Waals surface area contributed by atoms with Gasteiger partial charge in [0.1, 0.15) is 5.82 Å². The fraction of sp³-hybridized carbons (Fsp3) is 0.381. The maximum Gasteiger partial charge on any atom is 0.110 e. The average molecular weight is 370 g/mol. The lowest BCUT2D eigenvalue weighted by Crippen LogP contribution is -2.37. The average Bonchev–Trinajstić information content (AvgIpc) is 3.00. The van der Waals surface area contributed by atoms with Crippen LogP contribution in [0.25, 0.3) is 11.0 Å². The molecule has 26 heavy (non-hydrogen) atoms. The third kappa shape index (κ3) is 4.09. The quantitative estimate of drug-likeness (QED) is 0.657. The van der Waals surface area contributed by atoms with Gasteiger partial charge in [-0.2, -0.15) is 0 Å². The first kappa shape index (κ1) is 17.5. The number of hydrogen-bond donors (Lipinski definition) is 0. The molecule has 1 aromatic heterocycles. The monoisotopic (exact) mass is 369 g/mol. The fourth-order valence-electron chi connectivity index (χ4n) is 3.60. The zero-order valence-electron chi connectivity index (χ0n) is 14.9. The minimum atomic E-state index is 0.779. The van der Waals surface area contributed by atoms with Crippen molar-refractivity contribution in [1.29, 1.82) is 0 Å². The highest BCUT2D eigenvalue weighted by atomic mass is 35.5. The summed E-state index contributed by atoms with van der Waals surface area (Å²) >= 11 is 6.17. The minimum absolute atomic E-state index is 0.779. The molecular formula is C21H24ClN3O. The van der Waals surface area contributed by atoms with Crippen molar-refractivity contribution in [3.63, 3.8) is 0 Å². The molecule has 1 saturated heterocycles. The maximum absolute atomic E-state index is 6.17. The van der Waals surface area contributed by atoms with Crippen LogP contribution in [-0.4, -0.2) is 47.3 Å². The van der Waals surface area contributed by atoms with Crippen molar-refractivity contribution < 1.29 is 4.74 Å². The molecule has 3 aromatic rings. The second-order valence-corrected chi connectivity index (χ2v) is 7.23. The smallest absolute Gasteiger partial charge is 0.110 e. The molecule has 0 N–H and O–H groups in total. The Labute approximate surface area is 159 Å². The predicted octanol–water partition coefficient (Wildman–Crippen LogP) is 4.00. The molecule has 0 amide bonds. The van der Waals surface area contributed by atoms with Crippen LogP contribution in [0.15, 0.2) is 48.5 Å². The number of aryl methyl sites for hydroxylation is 1. The molecule has 1 aliphatic rings. The highest BCUT2D eigenvalue weighted by molar-refractivity contribution is 6.30. The first-order valence-corrected chi connectivity index (χ1v) is 9.66. The molecule has 1 aliphatic heterocycles. The first-order valence-electron chi connectivity index (χ1n) is 9.28. The van der Waals surface area contributed by atoms with Gasteiger partial charge in [0.25, 0.3) is 0 Å². The van der Waals surface area contributed by atoms with Crippen LogP contribution in [0.5, 0.6) is 0 Å². The van der Waals surface area contributed by atoms with Crippen molar-refractivity contribution in [3.8, 4) is 0 Å². The van der Waals surface area contributed by atoms with E-state index in [-0.39, 0.29) is 0 Å². The van der Waals surface area contributed by atoms with E-state index in [1.807, 2.05) is 18.2 Å². The molecule has 5 heteroatoms. The predicted molar refractivity (Wildman–Crippen MR) is 106 cm³/mol. The van der Waals surface area contributed by atoms with Gasteiger partial charge < -0.3 is 9.30 Å². The molecule has 4 nitrogen and oxygen atoms in total. The summed E-state index contributed by atoms with van der Waals surface area (Å²) in [5.41, 5.74) is 3.46. The van der Waals surface area contributed by atoms with Crippen LogP contribution in [0.3, 0.4) is 0 Å². The summed E-state index contributed by atoms with van der Waals surface area (Å²) in [6.45, 7) is 5.69. The van der Waals surface area contributed by atoms with Gasteiger partial charge in [0.15, 0.2) is 0 Å². The van der Waals surface area contributed by atoms with E-state index in [1.165, 1.54) is 11.1 Å². The lowest BCUT2D eigenvalue weighted by molar-refractivity contribution is 0.0374. The number of morpholine rings is 1. The zero-order chi connectivity index (χ0) is 17.8. The van der Waals surface area contributed by atoms with E-state index in [1.54, 1.807) is 0 Å². The molecular weight excluding hydrogens is 346 g/mol. The Kier molecular flexibility index (Phi) is 5.54. The van der Waals surface area contributed by atoms with Crippen LogP contribution in [0, 0.1) is 0 Å². The van der Waals surface area contributed by atoms with Crippen LogP contribution in [-0.2, 0) is 17.7 Å². The number of para-hydroxylation sites is 2.